The summed E-state index contributed by atoms with van der Waals surface area (Å²) in [5.41, 5.74) is 1.03. The van der Waals surface area contributed by atoms with Crippen LogP contribution in [0, 0.1) is 12.8 Å². The minimum Gasteiger partial charge on any atom is -0.392 e. The molecule has 118 valence electrons. The van der Waals surface area contributed by atoms with Crippen molar-refractivity contribution < 1.29 is 18.3 Å². The second-order valence-electron chi connectivity index (χ2n) is 5.38. The number of benzene rings is 1. The van der Waals surface area contributed by atoms with Gasteiger partial charge in [0.25, 0.3) is 0 Å². The molecule has 0 bridgehead atoms. The van der Waals surface area contributed by atoms with Gasteiger partial charge in [-0.15, -0.1) is 0 Å². The average molecular weight is 334 g/mol. The van der Waals surface area contributed by atoms with E-state index >= 15 is 0 Å². The van der Waals surface area contributed by atoms with E-state index in [1.807, 2.05) is 6.92 Å². The predicted octanol–water partition coefficient (Wildman–Crippen LogP) is 1.84. The van der Waals surface area contributed by atoms with Crippen LogP contribution in [0.2, 0.25) is 5.02 Å². The SMILES string of the molecule is Cc1c(CO)cc(Cl)cc1S(=O)(=O)NC(C)C1CCOC1. The van der Waals surface area contributed by atoms with Crippen molar-refractivity contribution in [3.8, 4) is 0 Å². The van der Waals surface area contributed by atoms with Crippen molar-refractivity contribution in [3.63, 3.8) is 0 Å². The van der Waals surface area contributed by atoms with Crippen LogP contribution < -0.4 is 4.72 Å². The van der Waals surface area contributed by atoms with Crippen LogP contribution in [-0.4, -0.2) is 32.8 Å². The molecule has 7 heteroatoms. The molecular formula is C14H20ClNO4S. The quantitative estimate of drug-likeness (QED) is 0.862. The summed E-state index contributed by atoms with van der Waals surface area (Å²) >= 11 is 5.95. The van der Waals surface area contributed by atoms with Gasteiger partial charge in [0.2, 0.25) is 10.0 Å². The molecule has 2 rings (SSSR count). The molecule has 21 heavy (non-hydrogen) atoms. The average Bonchev–Trinajstić information content (AvgIpc) is 2.94. The van der Waals surface area contributed by atoms with E-state index in [9.17, 15) is 13.5 Å². The van der Waals surface area contributed by atoms with E-state index in [2.05, 4.69) is 4.72 Å². The summed E-state index contributed by atoms with van der Waals surface area (Å²) < 4.78 is 33.1. The normalized spacial score (nSPS) is 20.7. The minimum absolute atomic E-state index is 0.116. The lowest BCUT2D eigenvalue weighted by Gasteiger charge is -2.20. The number of nitrogens with one attached hydrogen (secondary N) is 1. The number of aliphatic hydroxyl groups is 1. The molecule has 0 radical (unpaired) electrons. The summed E-state index contributed by atoms with van der Waals surface area (Å²) in [4.78, 5) is 0.116. The molecule has 1 saturated heterocycles. The van der Waals surface area contributed by atoms with E-state index in [0.717, 1.165) is 6.42 Å². The van der Waals surface area contributed by atoms with Gasteiger partial charge in [-0.1, -0.05) is 11.6 Å². The Morgan fingerprint density at radius 2 is 2.24 bits per heavy atom. The van der Waals surface area contributed by atoms with Gasteiger partial charge < -0.3 is 9.84 Å². The van der Waals surface area contributed by atoms with Gasteiger partial charge in [0, 0.05) is 23.6 Å². The van der Waals surface area contributed by atoms with E-state index in [-0.39, 0.29) is 23.5 Å². The Morgan fingerprint density at radius 1 is 1.52 bits per heavy atom. The first-order valence-corrected chi connectivity index (χ1v) is 8.71. The molecule has 0 aliphatic carbocycles. The maximum atomic E-state index is 12.5. The molecular weight excluding hydrogens is 314 g/mol. The second kappa shape index (κ2) is 6.62. The van der Waals surface area contributed by atoms with Gasteiger partial charge in [0.05, 0.1) is 18.1 Å². The van der Waals surface area contributed by atoms with Crippen LogP contribution in [0.4, 0.5) is 0 Å². The van der Waals surface area contributed by atoms with Gasteiger partial charge >= 0.3 is 0 Å². The number of hydrogen-bond acceptors (Lipinski definition) is 4. The van der Waals surface area contributed by atoms with E-state index in [0.29, 0.717) is 29.4 Å². The highest BCUT2D eigenvalue weighted by Crippen LogP contribution is 2.26. The first kappa shape index (κ1) is 16.7. The predicted molar refractivity (Wildman–Crippen MR) is 80.8 cm³/mol. The summed E-state index contributed by atoms with van der Waals surface area (Å²) in [7, 11) is -3.68. The smallest absolute Gasteiger partial charge is 0.241 e. The van der Waals surface area contributed by atoms with Crippen LogP contribution in [0.15, 0.2) is 17.0 Å². The molecule has 2 N–H and O–H groups in total. The third kappa shape index (κ3) is 3.76. The molecule has 1 heterocycles. The third-order valence-corrected chi connectivity index (χ3v) is 5.81. The first-order chi connectivity index (χ1) is 9.85. The molecule has 0 spiro atoms. The highest BCUT2D eigenvalue weighted by atomic mass is 35.5. The van der Waals surface area contributed by atoms with Gasteiger partial charge in [-0.2, -0.15) is 0 Å². The fourth-order valence-electron chi connectivity index (χ4n) is 2.50. The second-order valence-corrected chi connectivity index (χ2v) is 7.50. The maximum Gasteiger partial charge on any atom is 0.241 e. The summed E-state index contributed by atoms with van der Waals surface area (Å²) in [5, 5.41) is 9.59. The van der Waals surface area contributed by atoms with Crippen molar-refractivity contribution in [3.05, 3.63) is 28.3 Å². The van der Waals surface area contributed by atoms with E-state index in [1.54, 1.807) is 13.0 Å². The van der Waals surface area contributed by atoms with Crippen molar-refractivity contribution >= 4 is 21.6 Å². The summed E-state index contributed by atoms with van der Waals surface area (Å²) in [5.74, 6) is 0.177. The largest absolute Gasteiger partial charge is 0.392 e. The van der Waals surface area contributed by atoms with E-state index in [4.69, 9.17) is 16.3 Å². The third-order valence-electron chi connectivity index (χ3n) is 3.91. The fraction of sp³-hybridized carbons (Fsp3) is 0.571. The Labute approximate surface area is 130 Å². The number of aliphatic hydroxyl groups excluding tert-OH is 1. The van der Waals surface area contributed by atoms with Crippen LogP contribution in [0.25, 0.3) is 0 Å². The minimum atomic E-state index is -3.68. The Morgan fingerprint density at radius 3 is 2.81 bits per heavy atom. The van der Waals surface area contributed by atoms with Gasteiger partial charge in [-0.25, -0.2) is 13.1 Å². The van der Waals surface area contributed by atoms with Crippen molar-refractivity contribution in [2.24, 2.45) is 5.92 Å². The Bertz CT molecular complexity index is 612. The number of hydrogen-bond donors (Lipinski definition) is 2. The zero-order chi connectivity index (χ0) is 15.6. The summed E-state index contributed by atoms with van der Waals surface area (Å²) in [6, 6.07) is 2.77. The van der Waals surface area contributed by atoms with E-state index in [1.165, 1.54) is 6.07 Å². The molecule has 1 aromatic carbocycles. The highest BCUT2D eigenvalue weighted by Gasteiger charge is 2.28. The monoisotopic (exact) mass is 333 g/mol. The Balaban J connectivity index is 2.28. The number of sulfonamides is 1. The number of rotatable bonds is 5. The summed E-state index contributed by atoms with van der Waals surface area (Å²) in [6.45, 7) is 4.49. The summed E-state index contributed by atoms with van der Waals surface area (Å²) in [6.07, 6.45) is 0.847. The van der Waals surface area contributed by atoms with Gasteiger partial charge in [-0.05, 0) is 43.5 Å². The van der Waals surface area contributed by atoms with Crippen LogP contribution in [0.5, 0.6) is 0 Å². The van der Waals surface area contributed by atoms with Crippen molar-refractivity contribution in [1.82, 2.24) is 4.72 Å². The molecule has 2 unspecified atom stereocenters. The molecule has 1 aromatic rings. The molecule has 1 aliphatic heterocycles. The Kier molecular flexibility index (Phi) is 5.27. The van der Waals surface area contributed by atoms with Gasteiger partial charge in [0.15, 0.2) is 0 Å². The lowest BCUT2D eigenvalue weighted by molar-refractivity contribution is 0.180. The zero-order valence-corrected chi connectivity index (χ0v) is 13.7. The molecule has 5 nitrogen and oxygen atoms in total. The topological polar surface area (TPSA) is 75.6 Å². The lowest BCUT2D eigenvalue weighted by Crippen LogP contribution is -2.38. The van der Waals surface area contributed by atoms with Crippen LogP contribution >= 0.6 is 11.6 Å². The molecule has 2 atom stereocenters. The molecule has 0 saturated carbocycles. The first-order valence-electron chi connectivity index (χ1n) is 6.85. The van der Waals surface area contributed by atoms with Crippen LogP contribution in [0.1, 0.15) is 24.5 Å². The standard InChI is InChI=1S/C14H20ClNO4S/c1-9-12(7-17)5-13(15)6-14(9)21(18,19)16-10(2)11-3-4-20-8-11/h5-6,10-11,16-17H,3-4,7-8H2,1-2H3. The lowest BCUT2D eigenvalue weighted by atomic mass is 10.0. The van der Waals surface area contributed by atoms with Crippen molar-refractivity contribution in [1.29, 1.82) is 0 Å². The highest BCUT2D eigenvalue weighted by molar-refractivity contribution is 7.89. The van der Waals surface area contributed by atoms with Crippen LogP contribution in [0.3, 0.4) is 0 Å². The van der Waals surface area contributed by atoms with Crippen molar-refractivity contribution in [2.75, 3.05) is 13.2 Å². The zero-order valence-electron chi connectivity index (χ0n) is 12.1. The van der Waals surface area contributed by atoms with E-state index < -0.39 is 10.0 Å². The molecule has 1 aliphatic rings. The molecule has 0 amide bonds. The van der Waals surface area contributed by atoms with Crippen LogP contribution in [-0.2, 0) is 21.4 Å². The molecule has 1 fully saturated rings. The number of halogens is 1. The Hall–Kier alpha value is -0.660. The van der Waals surface area contributed by atoms with Crippen molar-refractivity contribution in [2.45, 2.75) is 37.8 Å². The maximum absolute atomic E-state index is 12.5. The van der Waals surface area contributed by atoms with Gasteiger partial charge in [0.1, 0.15) is 0 Å². The van der Waals surface area contributed by atoms with Gasteiger partial charge in [-0.3, -0.25) is 0 Å². The number of ether oxygens (including phenoxy) is 1. The fourth-order valence-corrected chi connectivity index (χ4v) is 4.43. The molecule has 0 aromatic heterocycles.